The van der Waals surface area contributed by atoms with Crippen molar-refractivity contribution >= 4 is 27.6 Å². The lowest BCUT2D eigenvalue weighted by Crippen LogP contribution is -2.49. The number of sulfonamides is 1. The molecule has 0 unspecified atom stereocenters. The molecule has 2 aliphatic heterocycles. The third kappa shape index (κ3) is 3.81. The second kappa shape index (κ2) is 7.82. The fourth-order valence-corrected chi connectivity index (χ4v) is 5.83. The minimum absolute atomic E-state index is 0.0811. The van der Waals surface area contributed by atoms with Crippen molar-refractivity contribution in [2.75, 3.05) is 25.5 Å². The van der Waals surface area contributed by atoms with Gasteiger partial charge in [-0.1, -0.05) is 0 Å². The van der Waals surface area contributed by atoms with E-state index >= 15 is 0 Å². The van der Waals surface area contributed by atoms with E-state index in [0.29, 0.717) is 11.4 Å². The summed E-state index contributed by atoms with van der Waals surface area (Å²) in [6, 6.07) is 9.22. The Hall–Kier alpha value is -3.18. The van der Waals surface area contributed by atoms with Gasteiger partial charge in [0.05, 0.1) is 12.0 Å². The molecule has 1 saturated heterocycles. The third-order valence-electron chi connectivity index (χ3n) is 5.71. The Bertz CT molecular complexity index is 1200. The van der Waals surface area contributed by atoms with E-state index in [1.807, 2.05) is 0 Å². The van der Waals surface area contributed by atoms with E-state index in [1.54, 1.807) is 18.2 Å². The van der Waals surface area contributed by atoms with Gasteiger partial charge in [0.25, 0.3) is 5.56 Å². The van der Waals surface area contributed by atoms with Gasteiger partial charge in [0, 0.05) is 31.2 Å². The van der Waals surface area contributed by atoms with Gasteiger partial charge in [0.2, 0.25) is 10.0 Å². The number of carbonyl (C=O) groups excluding carboxylic acids is 1. The van der Waals surface area contributed by atoms with E-state index in [4.69, 9.17) is 9.84 Å². The summed E-state index contributed by atoms with van der Waals surface area (Å²) in [5.74, 6) is -2.67. The van der Waals surface area contributed by atoms with Gasteiger partial charge in [0.1, 0.15) is 11.4 Å². The summed E-state index contributed by atoms with van der Waals surface area (Å²) in [4.78, 5) is 35.1. The Balaban J connectivity index is 1.61. The molecule has 2 bridgehead atoms. The molecule has 31 heavy (non-hydrogen) atoms. The maximum atomic E-state index is 13.1. The lowest BCUT2D eigenvalue weighted by Gasteiger charge is -2.42. The zero-order chi connectivity index (χ0) is 22.3. The van der Waals surface area contributed by atoms with Gasteiger partial charge in [-0.25, -0.2) is 13.2 Å². The maximum Gasteiger partial charge on any atom is 0.394 e. The number of carboxylic acid groups (broad SMARTS) is 1. The molecule has 2 aromatic rings. The average molecular weight is 447 g/mol. The van der Waals surface area contributed by atoms with Crippen molar-refractivity contribution in [2.24, 2.45) is 5.92 Å². The maximum absolute atomic E-state index is 13.1. The number of aliphatic carboxylic acids is 1. The minimum Gasteiger partial charge on any atom is -0.497 e. The number of fused-ring (bicyclic) bond motifs is 4. The number of carbonyl (C=O) groups is 2. The zero-order valence-electron chi connectivity index (χ0n) is 16.6. The summed E-state index contributed by atoms with van der Waals surface area (Å²) >= 11 is 0. The van der Waals surface area contributed by atoms with E-state index in [-0.39, 0.29) is 42.1 Å². The van der Waals surface area contributed by atoms with Gasteiger partial charge in [0.15, 0.2) is 0 Å². The van der Waals surface area contributed by atoms with Crippen molar-refractivity contribution < 1.29 is 27.9 Å². The van der Waals surface area contributed by atoms with E-state index in [0.717, 1.165) is 6.42 Å². The number of piperidine rings is 1. The number of carboxylic acids is 1. The van der Waals surface area contributed by atoms with Gasteiger partial charge in [-0.15, -0.1) is 0 Å². The Labute approximate surface area is 178 Å². The number of nitrogens with one attached hydrogen (secondary N) is 1. The Morgan fingerprint density at radius 2 is 1.81 bits per heavy atom. The fraction of sp³-hybridized carbons (Fsp3) is 0.350. The molecular weight excluding hydrogens is 426 g/mol. The van der Waals surface area contributed by atoms with Crippen LogP contribution < -0.4 is 15.6 Å². The zero-order valence-corrected chi connectivity index (χ0v) is 17.5. The first-order valence-electron chi connectivity index (χ1n) is 9.63. The van der Waals surface area contributed by atoms with Crippen molar-refractivity contribution in [2.45, 2.75) is 23.8 Å². The summed E-state index contributed by atoms with van der Waals surface area (Å²) in [6.07, 6.45) is 0.745. The molecule has 1 fully saturated rings. The number of rotatable bonds is 4. The first-order chi connectivity index (χ1) is 14.7. The van der Waals surface area contributed by atoms with Gasteiger partial charge in [-0.05, 0) is 48.7 Å². The number of ether oxygens (including phenoxy) is 1. The second-order valence-corrected chi connectivity index (χ2v) is 9.58. The average Bonchev–Trinajstić information content (AvgIpc) is 2.75. The first-order valence-corrected chi connectivity index (χ1v) is 11.1. The molecule has 2 aliphatic rings. The molecule has 0 saturated carbocycles. The molecule has 1 aromatic heterocycles. The standard InChI is InChI=1S/C20H21N3O7S/c1-30-14-2-4-15(5-3-14)31(28,29)22-9-12-8-13(11-22)17-7-6-16(19(25)23(17)10-12)21-18(24)20(26)27/h2-7,12-13H,8-11H2,1H3,(H,21,24)(H,26,27)/t12-,13+/m0/s1. The normalized spacial score (nSPS) is 20.5. The molecule has 3 heterocycles. The summed E-state index contributed by atoms with van der Waals surface area (Å²) < 4.78 is 34.3. The summed E-state index contributed by atoms with van der Waals surface area (Å²) in [7, 11) is -2.20. The quantitative estimate of drug-likeness (QED) is 0.658. The van der Waals surface area contributed by atoms with Crippen molar-refractivity contribution in [3.05, 3.63) is 52.4 Å². The number of nitrogens with zero attached hydrogens (tertiary/aromatic N) is 2. The molecule has 0 spiro atoms. The third-order valence-corrected chi connectivity index (χ3v) is 7.56. The Morgan fingerprint density at radius 1 is 1.10 bits per heavy atom. The summed E-state index contributed by atoms with van der Waals surface area (Å²) in [6.45, 7) is 0.781. The molecule has 0 aliphatic carbocycles. The Morgan fingerprint density at radius 3 is 2.45 bits per heavy atom. The second-order valence-electron chi connectivity index (χ2n) is 7.64. The molecule has 1 amide bonds. The van der Waals surface area contributed by atoms with Crippen LogP contribution in [0.2, 0.25) is 0 Å². The molecule has 10 nitrogen and oxygen atoms in total. The van der Waals surface area contributed by atoms with Crippen LogP contribution in [-0.2, 0) is 26.2 Å². The number of aromatic nitrogens is 1. The molecule has 2 atom stereocenters. The van der Waals surface area contributed by atoms with E-state index in [2.05, 4.69) is 5.32 Å². The molecule has 2 N–H and O–H groups in total. The Kier molecular flexibility index (Phi) is 5.31. The van der Waals surface area contributed by atoms with Gasteiger partial charge in [-0.3, -0.25) is 9.59 Å². The van der Waals surface area contributed by atoms with Crippen LogP contribution in [0.4, 0.5) is 5.69 Å². The van der Waals surface area contributed by atoms with Crippen LogP contribution in [0.15, 0.2) is 46.1 Å². The minimum atomic E-state index is -3.71. The molecular formula is C20H21N3O7S. The van der Waals surface area contributed by atoms with Crippen LogP contribution in [0.3, 0.4) is 0 Å². The number of anilines is 1. The highest BCUT2D eigenvalue weighted by Crippen LogP contribution is 2.37. The van der Waals surface area contributed by atoms with E-state index in [1.165, 1.54) is 34.2 Å². The summed E-state index contributed by atoms with van der Waals surface area (Å²) in [5, 5.41) is 10.8. The van der Waals surface area contributed by atoms with Crippen molar-refractivity contribution in [3.8, 4) is 5.75 Å². The molecule has 0 radical (unpaired) electrons. The number of methoxy groups -OCH3 is 1. The molecule has 164 valence electrons. The highest BCUT2D eigenvalue weighted by atomic mass is 32.2. The smallest absolute Gasteiger partial charge is 0.394 e. The van der Waals surface area contributed by atoms with Crippen LogP contribution in [-0.4, -0.2) is 54.5 Å². The topological polar surface area (TPSA) is 135 Å². The predicted octanol–water partition coefficient (Wildman–Crippen LogP) is 0.688. The van der Waals surface area contributed by atoms with Crippen LogP contribution in [0, 0.1) is 5.92 Å². The molecule has 11 heteroatoms. The highest BCUT2D eigenvalue weighted by molar-refractivity contribution is 7.89. The van der Waals surface area contributed by atoms with Gasteiger partial charge in [-0.2, -0.15) is 4.31 Å². The molecule has 4 rings (SSSR count). The number of benzene rings is 1. The lowest BCUT2D eigenvalue weighted by atomic mass is 9.84. The lowest BCUT2D eigenvalue weighted by molar-refractivity contribution is -0.147. The van der Waals surface area contributed by atoms with Crippen molar-refractivity contribution in [3.63, 3.8) is 0 Å². The number of hydrogen-bond donors (Lipinski definition) is 2. The number of pyridine rings is 1. The van der Waals surface area contributed by atoms with Crippen LogP contribution in [0.25, 0.3) is 0 Å². The number of amides is 1. The van der Waals surface area contributed by atoms with Gasteiger partial charge < -0.3 is 19.7 Å². The first kappa shape index (κ1) is 21.1. The highest BCUT2D eigenvalue weighted by Gasteiger charge is 2.39. The van der Waals surface area contributed by atoms with Crippen LogP contribution >= 0.6 is 0 Å². The van der Waals surface area contributed by atoms with E-state index in [9.17, 15) is 22.8 Å². The fourth-order valence-electron chi connectivity index (χ4n) is 4.27. The van der Waals surface area contributed by atoms with Crippen molar-refractivity contribution in [1.82, 2.24) is 8.87 Å². The predicted molar refractivity (Wildman–Crippen MR) is 110 cm³/mol. The van der Waals surface area contributed by atoms with Crippen molar-refractivity contribution in [1.29, 1.82) is 0 Å². The molecule has 1 aromatic carbocycles. The summed E-state index contributed by atoms with van der Waals surface area (Å²) in [5.41, 5.74) is 0.0660. The van der Waals surface area contributed by atoms with E-state index < -0.39 is 27.5 Å². The van der Waals surface area contributed by atoms with Crippen LogP contribution in [0.5, 0.6) is 5.75 Å². The van der Waals surface area contributed by atoms with Gasteiger partial charge >= 0.3 is 11.9 Å². The SMILES string of the molecule is COc1ccc(S(=O)(=O)N2C[C@@H]3C[C@H](C2)c2ccc(NC(=O)C(=O)O)c(=O)n2C3)cc1. The monoisotopic (exact) mass is 447 g/mol. The number of hydrogen-bond acceptors (Lipinski definition) is 6. The van der Waals surface area contributed by atoms with Crippen LogP contribution in [0.1, 0.15) is 18.0 Å². The largest absolute Gasteiger partial charge is 0.497 e.